The van der Waals surface area contributed by atoms with Crippen LogP contribution in [0, 0.1) is 5.92 Å². The van der Waals surface area contributed by atoms with Gasteiger partial charge in [-0.2, -0.15) is 11.3 Å². The van der Waals surface area contributed by atoms with E-state index in [1.54, 1.807) is 32.7 Å². The minimum Gasteiger partial charge on any atom is -0.493 e. The maximum atomic E-state index is 5.69. The Labute approximate surface area is 185 Å². The number of thiophene rings is 1. The Hall–Kier alpha value is -1.76. The quantitative estimate of drug-likeness (QED) is 0.586. The monoisotopic (exact) mass is 432 g/mol. The van der Waals surface area contributed by atoms with Gasteiger partial charge >= 0.3 is 0 Å². The Kier molecular flexibility index (Phi) is 8.42. The highest BCUT2D eigenvalue weighted by atomic mass is 32.1. The van der Waals surface area contributed by atoms with Gasteiger partial charge in [-0.1, -0.05) is 26.3 Å². The Morgan fingerprint density at radius 3 is 2.57 bits per heavy atom. The highest BCUT2D eigenvalue weighted by molar-refractivity contribution is 7.07. The molecule has 30 heavy (non-hydrogen) atoms. The first-order valence-electron chi connectivity index (χ1n) is 10.9. The van der Waals surface area contributed by atoms with Crippen molar-refractivity contribution in [1.29, 1.82) is 0 Å². The van der Waals surface area contributed by atoms with E-state index >= 15 is 0 Å². The standard InChI is InChI=1S/C24H36N2O3S/c1-6-17(2)21(19-9-12-30-16-19)13-20-15-26(11-10-25-20)14-18-7-8-22(27-3)24(29-5)23(18)28-4/h7-9,12,16-17,20-21,25H,6,10-11,13-15H2,1-5H3. The van der Waals surface area contributed by atoms with Crippen molar-refractivity contribution in [2.24, 2.45) is 5.92 Å². The van der Waals surface area contributed by atoms with Crippen molar-refractivity contribution in [1.82, 2.24) is 10.2 Å². The van der Waals surface area contributed by atoms with Crippen molar-refractivity contribution in [3.63, 3.8) is 0 Å². The SMILES string of the molecule is CCC(C)C(CC1CN(Cc2ccc(OC)c(OC)c2OC)CCN1)c1ccsc1. The van der Waals surface area contributed by atoms with Crippen LogP contribution >= 0.6 is 11.3 Å². The molecule has 0 radical (unpaired) electrons. The van der Waals surface area contributed by atoms with Crippen molar-refractivity contribution in [2.45, 2.75) is 45.2 Å². The normalized spacial score (nSPS) is 19.3. The highest BCUT2D eigenvalue weighted by Gasteiger charge is 2.27. The Morgan fingerprint density at radius 2 is 1.93 bits per heavy atom. The van der Waals surface area contributed by atoms with Crippen LogP contribution in [0.25, 0.3) is 0 Å². The fourth-order valence-electron chi connectivity index (χ4n) is 4.50. The summed E-state index contributed by atoms with van der Waals surface area (Å²) in [5.74, 6) is 3.42. The van der Waals surface area contributed by atoms with E-state index in [9.17, 15) is 0 Å². The lowest BCUT2D eigenvalue weighted by molar-refractivity contribution is 0.175. The van der Waals surface area contributed by atoms with E-state index in [0.29, 0.717) is 29.4 Å². The lowest BCUT2D eigenvalue weighted by Gasteiger charge is -2.36. The Balaban J connectivity index is 1.71. The topological polar surface area (TPSA) is 43.0 Å². The molecule has 3 atom stereocenters. The number of benzene rings is 1. The van der Waals surface area contributed by atoms with Crippen LogP contribution in [0.4, 0.5) is 0 Å². The van der Waals surface area contributed by atoms with Crippen LogP contribution in [0.5, 0.6) is 17.2 Å². The van der Waals surface area contributed by atoms with Crippen LogP contribution in [0.1, 0.15) is 43.7 Å². The molecule has 1 aromatic heterocycles. The van der Waals surface area contributed by atoms with Crippen molar-refractivity contribution in [3.05, 3.63) is 40.1 Å². The number of methoxy groups -OCH3 is 3. The second-order valence-corrected chi connectivity index (χ2v) is 8.94. The van der Waals surface area contributed by atoms with Crippen LogP contribution in [0.3, 0.4) is 0 Å². The summed E-state index contributed by atoms with van der Waals surface area (Å²) in [4.78, 5) is 2.52. The molecule has 1 aliphatic heterocycles. The molecular weight excluding hydrogens is 396 g/mol. The molecule has 0 amide bonds. The third kappa shape index (κ3) is 5.29. The predicted molar refractivity (Wildman–Crippen MR) is 124 cm³/mol. The summed E-state index contributed by atoms with van der Waals surface area (Å²) in [5, 5.41) is 8.29. The zero-order valence-corrected chi connectivity index (χ0v) is 19.8. The number of hydrogen-bond donors (Lipinski definition) is 1. The molecule has 2 aromatic rings. The van der Waals surface area contributed by atoms with Crippen LogP contribution in [-0.4, -0.2) is 51.9 Å². The summed E-state index contributed by atoms with van der Waals surface area (Å²) in [6.45, 7) is 8.60. The molecule has 1 N–H and O–H groups in total. The van der Waals surface area contributed by atoms with E-state index in [1.807, 2.05) is 6.07 Å². The molecular formula is C24H36N2O3S. The molecule has 1 aromatic carbocycles. The van der Waals surface area contributed by atoms with Gasteiger partial charge in [0, 0.05) is 37.8 Å². The lowest BCUT2D eigenvalue weighted by atomic mass is 9.82. The molecule has 166 valence electrons. The molecule has 0 aliphatic carbocycles. The number of nitrogens with one attached hydrogen (secondary N) is 1. The van der Waals surface area contributed by atoms with Crippen LogP contribution in [0.15, 0.2) is 29.0 Å². The van der Waals surface area contributed by atoms with E-state index in [0.717, 1.165) is 37.5 Å². The average Bonchev–Trinajstić information content (AvgIpc) is 3.31. The smallest absolute Gasteiger partial charge is 0.203 e. The van der Waals surface area contributed by atoms with Gasteiger partial charge in [-0.15, -0.1) is 0 Å². The maximum absolute atomic E-state index is 5.69. The summed E-state index contributed by atoms with van der Waals surface area (Å²) in [6.07, 6.45) is 2.38. The van der Waals surface area contributed by atoms with E-state index in [2.05, 4.69) is 47.0 Å². The third-order valence-corrected chi connectivity index (χ3v) is 7.06. The van der Waals surface area contributed by atoms with Gasteiger partial charge in [0.1, 0.15) is 0 Å². The Morgan fingerprint density at radius 1 is 1.13 bits per heavy atom. The summed E-state index contributed by atoms with van der Waals surface area (Å²) in [6, 6.07) is 6.84. The Bertz CT molecular complexity index is 781. The number of hydrogen-bond acceptors (Lipinski definition) is 6. The van der Waals surface area contributed by atoms with E-state index in [4.69, 9.17) is 14.2 Å². The summed E-state index contributed by atoms with van der Waals surface area (Å²) in [5.41, 5.74) is 2.63. The molecule has 0 saturated carbocycles. The fourth-order valence-corrected chi connectivity index (χ4v) is 5.22. The third-order valence-electron chi connectivity index (χ3n) is 6.36. The van der Waals surface area contributed by atoms with Crippen molar-refractivity contribution in [2.75, 3.05) is 41.0 Å². The first kappa shape index (κ1) is 22.9. The maximum Gasteiger partial charge on any atom is 0.203 e. The van der Waals surface area contributed by atoms with Crippen LogP contribution in [-0.2, 0) is 6.54 Å². The van der Waals surface area contributed by atoms with E-state index < -0.39 is 0 Å². The van der Waals surface area contributed by atoms with Crippen molar-refractivity contribution in [3.8, 4) is 17.2 Å². The second kappa shape index (κ2) is 11.0. The van der Waals surface area contributed by atoms with Crippen LogP contribution < -0.4 is 19.5 Å². The molecule has 3 unspecified atom stereocenters. The molecule has 1 aliphatic rings. The number of rotatable bonds is 10. The number of ether oxygens (including phenoxy) is 3. The number of nitrogens with zero attached hydrogens (tertiary/aromatic N) is 1. The minimum atomic E-state index is 0.490. The number of piperazine rings is 1. The van der Waals surface area contributed by atoms with Crippen molar-refractivity contribution < 1.29 is 14.2 Å². The van der Waals surface area contributed by atoms with Gasteiger partial charge in [-0.05, 0) is 46.7 Å². The van der Waals surface area contributed by atoms with Gasteiger partial charge in [0.2, 0.25) is 5.75 Å². The predicted octanol–water partition coefficient (Wildman–Crippen LogP) is 4.77. The molecule has 1 saturated heterocycles. The molecule has 0 bridgehead atoms. The lowest BCUT2D eigenvalue weighted by Crippen LogP contribution is -2.50. The average molecular weight is 433 g/mol. The molecule has 0 spiro atoms. The van der Waals surface area contributed by atoms with Gasteiger partial charge in [0.15, 0.2) is 11.5 Å². The van der Waals surface area contributed by atoms with Crippen molar-refractivity contribution >= 4 is 11.3 Å². The van der Waals surface area contributed by atoms with Crippen LogP contribution in [0.2, 0.25) is 0 Å². The second-order valence-electron chi connectivity index (χ2n) is 8.16. The fraction of sp³-hybridized carbons (Fsp3) is 0.583. The highest BCUT2D eigenvalue weighted by Crippen LogP contribution is 2.40. The summed E-state index contributed by atoms with van der Waals surface area (Å²) >= 11 is 1.80. The van der Waals surface area contributed by atoms with Gasteiger partial charge < -0.3 is 19.5 Å². The molecule has 3 rings (SSSR count). The van der Waals surface area contributed by atoms with Gasteiger partial charge in [0.25, 0.3) is 0 Å². The minimum absolute atomic E-state index is 0.490. The molecule has 6 heteroatoms. The molecule has 5 nitrogen and oxygen atoms in total. The van der Waals surface area contributed by atoms with Gasteiger partial charge in [-0.3, -0.25) is 4.90 Å². The summed E-state index contributed by atoms with van der Waals surface area (Å²) < 4.78 is 16.7. The van der Waals surface area contributed by atoms with Gasteiger partial charge in [0.05, 0.1) is 21.3 Å². The zero-order valence-electron chi connectivity index (χ0n) is 18.9. The van der Waals surface area contributed by atoms with E-state index in [-0.39, 0.29) is 0 Å². The molecule has 1 fully saturated rings. The summed E-state index contributed by atoms with van der Waals surface area (Å²) in [7, 11) is 5.00. The van der Waals surface area contributed by atoms with E-state index in [1.165, 1.54) is 18.4 Å². The molecule has 2 heterocycles. The first-order valence-corrected chi connectivity index (χ1v) is 11.8. The zero-order chi connectivity index (χ0) is 21.5. The van der Waals surface area contributed by atoms with Gasteiger partial charge in [-0.25, -0.2) is 0 Å². The largest absolute Gasteiger partial charge is 0.493 e. The first-order chi connectivity index (χ1) is 14.6.